The molecule has 0 radical (unpaired) electrons. The van der Waals surface area contributed by atoms with Crippen LogP contribution in [0.1, 0.15) is 60.3 Å². The predicted molar refractivity (Wildman–Crippen MR) is 74.3 cm³/mol. The molecule has 2 heteroatoms. The van der Waals surface area contributed by atoms with Gasteiger partial charge in [0, 0.05) is 19.2 Å². The summed E-state index contributed by atoms with van der Waals surface area (Å²) in [5, 5.41) is 3.58. The highest BCUT2D eigenvalue weighted by Crippen LogP contribution is 2.35. The van der Waals surface area contributed by atoms with Crippen LogP contribution < -0.4 is 5.32 Å². The molecule has 2 unspecified atom stereocenters. The fourth-order valence-corrected chi connectivity index (χ4v) is 2.69. The van der Waals surface area contributed by atoms with Gasteiger partial charge in [-0.05, 0) is 24.7 Å². The zero-order valence-corrected chi connectivity index (χ0v) is 12.4. The smallest absolute Gasteiger partial charge is 0.0809 e. The van der Waals surface area contributed by atoms with E-state index in [-0.39, 0.29) is 5.60 Å². The zero-order chi connectivity index (χ0) is 12.9. The largest absolute Gasteiger partial charge is 0.373 e. The van der Waals surface area contributed by atoms with E-state index in [1.54, 1.807) is 0 Å². The molecule has 0 aromatic carbocycles. The zero-order valence-electron chi connectivity index (χ0n) is 12.4. The van der Waals surface area contributed by atoms with Gasteiger partial charge < -0.3 is 10.1 Å². The van der Waals surface area contributed by atoms with Crippen LogP contribution in [0.4, 0.5) is 0 Å². The van der Waals surface area contributed by atoms with Crippen LogP contribution in [-0.2, 0) is 4.74 Å². The lowest BCUT2D eigenvalue weighted by Crippen LogP contribution is -2.48. The summed E-state index contributed by atoms with van der Waals surface area (Å²) < 4.78 is 6.29. The first kappa shape index (κ1) is 15.0. The third-order valence-corrected chi connectivity index (χ3v) is 3.61. The number of hydrogen-bond acceptors (Lipinski definition) is 2. The van der Waals surface area contributed by atoms with Gasteiger partial charge in [0.2, 0.25) is 0 Å². The average Bonchev–Trinajstić information content (AvgIpc) is 2.24. The van der Waals surface area contributed by atoms with Crippen molar-refractivity contribution in [2.24, 2.45) is 11.8 Å². The highest BCUT2D eigenvalue weighted by atomic mass is 16.5. The van der Waals surface area contributed by atoms with Crippen molar-refractivity contribution in [1.82, 2.24) is 5.32 Å². The number of rotatable bonds is 6. The maximum atomic E-state index is 6.29. The van der Waals surface area contributed by atoms with Crippen LogP contribution in [0.25, 0.3) is 0 Å². The summed E-state index contributed by atoms with van der Waals surface area (Å²) in [6.07, 6.45) is 5.14. The lowest BCUT2D eigenvalue weighted by Gasteiger charge is -2.41. The molecule has 0 aromatic rings. The van der Waals surface area contributed by atoms with E-state index in [0.717, 1.165) is 19.1 Å². The van der Waals surface area contributed by atoms with E-state index in [1.165, 1.54) is 25.7 Å². The van der Waals surface area contributed by atoms with Crippen molar-refractivity contribution in [2.75, 3.05) is 13.2 Å². The summed E-state index contributed by atoms with van der Waals surface area (Å²) in [5.74, 6) is 1.44. The summed E-state index contributed by atoms with van der Waals surface area (Å²) in [6, 6.07) is 0.548. The van der Waals surface area contributed by atoms with E-state index in [9.17, 15) is 0 Å². The lowest BCUT2D eigenvalue weighted by molar-refractivity contribution is -0.0891. The van der Waals surface area contributed by atoms with Crippen LogP contribution >= 0.6 is 0 Å². The quantitative estimate of drug-likeness (QED) is 0.767. The van der Waals surface area contributed by atoms with Gasteiger partial charge in [-0.3, -0.25) is 0 Å². The standard InChI is InChI=1S/C15H31NO/c1-12(2)10-17-15(11-16-13(3)4)8-6-7-14(5)9-15/h12-14,16H,6-11H2,1-5H3. The first-order chi connectivity index (χ1) is 7.93. The van der Waals surface area contributed by atoms with Gasteiger partial charge in [0.15, 0.2) is 0 Å². The molecule has 1 saturated carbocycles. The Morgan fingerprint density at radius 1 is 1.29 bits per heavy atom. The van der Waals surface area contributed by atoms with Crippen molar-refractivity contribution in [2.45, 2.75) is 71.9 Å². The minimum absolute atomic E-state index is 0.103. The van der Waals surface area contributed by atoms with Gasteiger partial charge in [0.1, 0.15) is 0 Å². The Morgan fingerprint density at radius 2 is 2.00 bits per heavy atom. The number of hydrogen-bond donors (Lipinski definition) is 1. The minimum atomic E-state index is 0.103. The Balaban J connectivity index is 2.55. The first-order valence-electron chi connectivity index (χ1n) is 7.31. The molecule has 0 aromatic heterocycles. The van der Waals surface area contributed by atoms with E-state index in [0.29, 0.717) is 12.0 Å². The fraction of sp³-hybridized carbons (Fsp3) is 1.00. The van der Waals surface area contributed by atoms with Gasteiger partial charge in [-0.25, -0.2) is 0 Å². The van der Waals surface area contributed by atoms with E-state index in [1.807, 2.05) is 0 Å². The fourth-order valence-electron chi connectivity index (χ4n) is 2.69. The maximum absolute atomic E-state index is 6.29. The Labute approximate surface area is 108 Å². The Bertz CT molecular complexity index is 201. The second-order valence-electron chi connectivity index (χ2n) is 6.62. The normalized spacial score (nSPS) is 30.2. The molecule has 0 heterocycles. The second-order valence-corrected chi connectivity index (χ2v) is 6.62. The summed E-state index contributed by atoms with van der Waals surface area (Å²) in [5.41, 5.74) is 0.103. The molecule has 1 N–H and O–H groups in total. The molecule has 17 heavy (non-hydrogen) atoms. The Hall–Kier alpha value is -0.0800. The molecule has 0 aliphatic heterocycles. The van der Waals surface area contributed by atoms with E-state index >= 15 is 0 Å². The molecule has 0 saturated heterocycles. The Kier molecular flexibility index (Phi) is 5.94. The van der Waals surface area contributed by atoms with Crippen molar-refractivity contribution in [1.29, 1.82) is 0 Å². The van der Waals surface area contributed by atoms with Crippen LogP contribution in [-0.4, -0.2) is 24.8 Å². The van der Waals surface area contributed by atoms with Crippen molar-refractivity contribution >= 4 is 0 Å². The predicted octanol–water partition coefficient (Wildman–Crippen LogP) is 3.61. The molecule has 0 bridgehead atoms. The van der Waals surface area contributed by atoms with Gasteiger partial charge in [-0.2, -0.15) is 0 Å². The third kappa shape index (κ3) is 5.39. The topological polar surface area (TPSA) is 21.3 Å². The molecule has 1 fully saturated rings. The third-order valence-electron chi connectivity index (χ3n) is 3.61. The van der Waals surface area contributed by atoms with E-state index < -0.39 is 0 Å². The van der Waals surface area contributed by atoms with Crippen LogP contribution in [0, 0.1) is 11.8 Å². The van der Waals surface area contributed by atoms with Gasteiger partial charge in [-0.1, -0.05) is 47.5 Å². The summed E-state index contributed by atoms with van der Waals surface area (Å²) >= 11 is 0. The summed E-state index contributed by atoms with van der Waals surface area (Å²) in [4.78, 5) is 0. The second kappa shape index (κ2) is 6.75. The van der Waals surface area contributed by atoms with Crippen LogP contribution in [0.5, 0.6) is 0 Å². The lowest BCUT2D eigenvalue weighted by atomic mass is 9.78. The summed E-state index contributed by atoms with van der Waals surface area (Å²) in [7, 11) is 0. The Morgan fingerprint density at radius 3 is 2.53 bits per heavy atom. The molecule has 1 aliphatic rings. The molecule has 2 atom stereocenters. The SMILES string of the molecule is CC(C)COC1(CNC(C)C)CCCC(C)C1. The van der Waals surface area contributed by atoms with Crippen LogP contribution in [0.15, 0.2) is 0 Å². The van der Waals surface area contributed by atoms with Gasteiger partial charge in [-0.15, -0.1) is 0 Å². The molecule has 0 amide bonds. The first-order valence-corrected chi connectivity index (χ1v) is 7.31. The highest BCUT2D eigenvalue weighted by Gasteiger charge is 2.35. The molecular weight excluding hydrogens is 210 g/mol. The number of nitrogens with one attached hydrogen (secondary N) is 1. The van der Waals surface area contributed by atoms with Gasteiger partial charge in [0.25, 0.3) is 0 Å². The maximum Gasteiger partial charge on any atom is 0.0809 e. The van der Waals surface area contributed by atoms with Crippen molar-refractivity contribution in [3.05, 3.63) is 0 Å². The van der Waals surface area contributed by atoms with Crippen LogP contribution in [0.2, 0.25) is 0 Å². The van der Waals surface area contributed by atoms with E-state index in [2.05, 4.69) is 39.9 Å². The molecule has 102 valence electrons. The number of ether oxygens (including phenoxy) is 1. The van der Waals surface area contributed by atoms with Crippen molar-refractivity contribution in [3.8, 4) is 0 Å². The molecule has 2 nitrogen and oxygen atoms in total. The average molecular weight is 241 g/mol. The van der Waals surface area contributed by atoms with E-state index in [4.69, 9.17) is 4.74 Å². The van der Waals surface area contributed by atoms with Crippen LogP contribution in [0.3, 0.4) is 0 Å². The highest BCUT2D eigenvalue weighted by molar-refractivity contribution is 4.89. The monoisotopic (exact) mass is 241 g/mol. The summed E-state index contributed by atoms with van der Waals surface area (Å²) in [6.45, 7) is 13.2. The molecular formula is C15H31NO. The van der Waals surface area contributed by atoms with Gasteiger partial charge in [0.05, 0.1) is 5.60 Å². The van der Waals surface area contributed by atoms with Crippen molar-refractivity contribution in [3.63, 3.8) is 0 Å². The minimum Gasteiger partial charge on any atom is -0.373 e. The molecule has 1 rings (SSSR count). The van der Waals surface area contributed by atoms with Gasteiger partial charge >= 0.3 is 0 Å². The van der Waals surface area contributed by atoms with Crippen molar-refractivity contribution < 1.29 is 4.74 Å². The molecule has 1 aliphatic carbocycles. The molecule has 0 spiro atoms.